The highest BCUT2D eigenvalue weighted by Crippen LogP contribution is 2.41. The Labute approximate surface area is 92.6 Å². The smallest absolute Gasteiger partial charge is 0.132 e. The molecule has 0 bridgehead atoms. The highest BCUT2D eigenvalue weighted by atomic mass is 16.1. The van der Waals surface area contributed by atoms with Crippen molar-refractivity contribution in [2.75, 3.05) is 0 Å². The third-order valence-corrected chi connectivity index (χ3v) is 2.67. The Kier molecular flexibility index (Phi) is 2.80. The van der Waals surface area contributed by atoms with Crippen LogP contribution in [-0.2, 0) is 4.79 Å². The van der Waals surface area contributed by atoms with Crippen LogP contribution in [0.5, 0.6) is 0 Å². The maximum absolute atomic E-state index is 10.9. The molecule has 0 radical (unpaired) electrons. The second-order valence-corrected chi connectivity index (χ2v) is 6.17. The second-order valence-electron chi connectivity index (χ2n) is 6.17. The Morgan fingerprint density at radius 1 is 0.933 bits per heavy atom. The molecule has 0 N–H and O–H groups in total. The molecule has 0 fully saturated rings. The van der Waals surface area contributed by atoms with Gasteiger partial charge in [0.05, 0.1) is 5.57 Å². The minimum Gasteiger partial charge on any atom is -0.233 e. The lowest BCUT2D eigenvalue weighted by molar-refractivity contribution is 0.504. The van der Waals surface area contributed by atoms with E-state index in [0.29, 0.717) is 5.57 Å². The summed E-state index contributed by atoms with van der Waals surface area (Å²) in [6, 6.07) is 0. The van der Waals surface area contributed by atoms with E-state index in [4.69, 9.17) is 0 Å². The average molecular weight is 204 g/mol. The van der Waals surface area contributed by atoms with Crippen LogP contribution in [-0.4, -0.2) is 5.94 Å². The van der Waals surface area contributed by atoms with E-state index in [9.17, 15) is 4.79 Å². The molecule has 0 saturated carbocycles. The highest BCUT2D eigenvalue weighted by Gasteiger charge is 2.28. The lowest BCUT2D eigenvalue weighted by Gasteiger charge is -2.21. The molecule has 0 amide bonds. The van der Waals surface area contributed by atoms with Gasteiger partial charge in [-0.2, -0.15) is 0 Å². The summed E-state index contributed by atoms with van der Waals surface area (Å²) in [6.07, 6.45) is 4.10. The zero-order chi connectivity index (χ0) is 11.9. The fraction of sp³-hybridized carbons (Fsp3) is 0.571. The van der Waals surface area contributed by atoms with Gasteiger partial charge in [0.1, 0.15) is 5.94 Å². The largest absolute Gasteiger partial charge is 0.233 e. The molecule has 0 heterocycles. The number of hydrogen-bond acceptors (Lipinski definition) is 1. The molecule has 0 saturated heterocycles. The number of rotatable bonds is 0. The van der Waals surface area contributed by atoms with E-state index in [0.717, 1.165) is 5.57 Å². The van der Waals surface area contributed by atoms with Crippen molar-refractivity contribution in [1.82, 2.24) is 0 Å². The Balaban J connectivity index is 3.22. The molecule has 0 unspecified atom stereocenters. The fourth-order valence-corrected chi connectivity index (χ4v) is 1.65. The average Bonchev–Trinajstić information content (AvgIpc) is 2.44. The van der Waals surface area contributed by atoms with Crippen molar-refractivity contribution in [3.63, 3.8) is 0 Å². The molecule has 0 aromatic rings. The minimum absolute atomic E-state index is 0.0102. The van der Waals surface area contributed by atoms with Crippen LogP contribution in [0.4, 0.5) is 0 Å². The SMILES string of the molecule is CC(C)(C)C1=CC(=C=O)C(C(C)(C)C)=C1. The van der Waals surface area contributed by atoms with Crippen LogP contribution in [0.1, 0.15) is 41.5 Å². The first-order valence-corrected chi connectivity index (χ1v) is 5.36. The maximum Gasteiger partial charge on any atom is 0.132 e. The molecule has 0 atom stereocenters. The van der Waals surface area contributed by atoms with E-state index in [1.165, 1.54) is 5.57 Å². The zero-order valence-corrected chi connectivity index (χ0v) is 10.6. The van der Waals surface area contributed by atoms with Gasteiger partial charge in [-0.1, -0.05) is 47.6 Å². The lowest BCUT2D eigenvalue weighted by Crippen LogP contribution is -2.10. The third-order valence-electron chi connectivity index (χ3n) is 2.67. The van der Waals surface area contributed by atoms with Crippen molar-refractivity contribution >= 4 is 5.94 Å². The van der Waals surface area contributed by atoms with Crippen LogP contribution >= 0.6 is 0 Å². The molecule has 0 aliphatic heterocycles. The molecule has 0 aromatic carbocycles. The van der Waals surface area contributed by atoms with Crippen molar-refractivity contribution in [3.05, 3.63) is 28.9 Å². The maximum atomic E-state index is 10.9. The van der Waals surface area contributed by atoms with Gasteiger partial charge in [-0.3, -0.25) is 0 Å². The monoisotopic (exact) mass is 204 g/mol. The third kappa shape index (κ3) is 2.49. The van der Waals surface area contributed by atoms with Crippen LogP contribution in [0, 0.1) is 10.8 Å². The molecule has 1 aliphatic carbocycles. The van der Waals surface area contributed by atoms with Gasteiger partial charge in [-0.25, -0.2) is 4.79 Å². The normalized spacial score (nSPS) is 17.3. The Hall–Kier alpha value is -1.07. The van der Waals surface area contributed by atoms with E-state index in [2.05, 4.69) is 47.6 Å². The van der Waals surface area contributed by atoms with Crippen molar-refractivity contribution in [1.29, 1.82) is 0 Å². The van der Waals surface area contributed by atoms with Gasteiger partial charge in [-0.15, -0.1) is 0 Å². The summed E-state index contributed by atoms with van der Waals surface area (Å²) in [4.78, 5) is 10.9. The summed E-state index contributed by atoms with van der Waals surface area (Å²) in [5.74, 6) is 2.04. The van der Waals surface area contributed by atoms with E-state index in [1.54, 1.807) is 0 Å². The number of hydrogen-bond donors (Lipinski definition) is 0. The summed E-state index contributed by atoms with van der Waals surface area (Å²) in [6.45, 7) is 12.8. The standard InChI is InChI=1S/C14H20O/c1-13(2,3)11-7-10(9-15)12(8-11)14(4,5)6/h7-8H,1-6H3. The molecule has 15 heavy (non-hydrogen) atoms. The lowest BCUT2D eigenvalue weighted by atomic mass is 9.83. The molecular weight excluding hydrogens is 184 g/mol. The van der Waals surface area contributed by atoms with Crippen molar-refractivity contribution in [3.8, 4) is 0 Å². The molecule has 0 aromatic heterocycles. The first kappa shape index (κ1) is 12.0. The first-order valence-electron chi connectivity index (χ1n) is 5.36. The van der Waals surface area contributed by atoms with Crippen LogP contribution < -0.4 is 0 Å². The zero-order valence-electron chi connectivity index (χ0n) is 10.6. The predicted octanol–water partition coefficient (Wildman–Crippen LogP) is 3.70. The molecule has 1 aliphatic rings. The molecule has 1 rings (SSSR count). The van der Waals surface area contributed by atoms with Crippen LogP contribution in [0.15, 0.2) is 28.9 Å². The summed E-state index contributed by atoms with van der Waals surface area (Å²) in [5.41, 5.74) is 3.13. The van der Waals surface area contributed by atoms with E-state index in [-0.39, 0.29) is 10.8 Å². The van der Waals surface area contributed by atoms with Crippen molar-refractivity contribution in [2.45, 2.75) is 41.5 Å². The van der Waals surface area contributed by atoms with Crippen molar-refractivity contribution in [2.24, 2.45) is 10.8 Å². The molecule has 1 heteroatoms. The summed E-state index contributed by atoms with van der Waals surface area (Å²) in [5, 5.41) is 0. The fourth-order valence-electron chi connectivity index (χ4n) is 1.65. The Bertz CT molecular complexity index is 375. The Morgan fingerprint density at radius 2 is 1.47 bits per heavy atom. The molecule has 82 valence electrons. The van der Waals surface area contributed by atoms with Gasteiger partial charge in [0, 0.05) is 0 Å². The highest BCUT2D eigenvalue weighted by molar-refractivity contribution is 5.72. The number of carbonyl (C=O) groups excluding carboxylic acids is 1. The molecule has 1 nitrogen and oxygen atoms in total. The molecular formula is C14H20O. The topological polar surface area (TPSA) is 17.1 Å². The Morgan fingerprint density at radius 3 is 1.73 bits per heavy atom. The second kappa shape index (κ2) is 3.50. The van der Waals surface area contributed by atoms with Gasteiger partial charge in [-0.05, 0) is 28.1 Å². The van der Waals surface area contributed by atoms with Gasteiger partial charge < -0.3 is 0 Å². The predicted molar refractivity (Wildman–Crippen MR) is 64.3 cm³/mol. The summed E-state index contributed by atoms with van der Waals surface area (Å²) < 4.78 is 0. The van der Waals surface area contributed by atoms with Crippen molar-refractivity contribution < 1.29 is 4.79 Å². The van der Waals surface area contributed by atoms with Gasteiger partial charge in [0.15, 0.2) is 0 Å². The quantitative estimate of drug-likeness (QED) is 0.550. The molecule has 0 spiro atoms. The van der Waals surface area contributed by atoms with Crippen LogP contribution in [0.2, 0.25) is 0 Å². The van der Waals surface area contributed by atoms with Gasteiger partial charge >= 0.3 is 0 Å². The van der Waals surface area contributed by atoms with E-state index < -0.39 is 0 Å². The van der Waals surface area contributed by atoms with Crippen LogP contribution in [0.3, 0.4) is 0 Å². The number of allylic oxidation sites excluding steroid dienone is 5. The summed E-state index contributed by atoms with van der Waals surface area (Å²) >= 11 is 0. The summed E-state index contributed by atoms with van der Waals surface area (Å²) in [7, 11) is 0. The first-order chi connectivity index (χ1) is 6.66. The van der Waals surface area contributed by atoms with E-state index >= 15 is 0 Å². The van der Waals surface area contributed by atoms with E-state index in [1.807, 2.05) is 12.0 Å². The minimum atomic E-state index is 0.0102. The van der Waals surface area contributed by atoms with Gasteiger partial charge in [0.25, 0.3) is 0 Å². The van der Waals surface area contributed by atoms with Gasteiger partial charge in [0.2, 0.25) is 0 Å². The van der Waals surface area contributed by atoms with Crippen LogP contribution in [0.25, 0.3) is 0 Å².